The minimum Gasteiger partial charge on any atom is -0.468 e. The van der Waals surface area contributed by atoms with E-state index in [0.29, 0.717) is 19.3 Å². The lowest BCUT2D eigenvalue weighted by atomic mass is 9.69. The minimum atomic E-state index is -0.950. The van der Waals surface area contributed by atoms with E-state index >= 15 is 0 Å². The number of carbonyl (C=O) groups is 2. The smallest absolute Gasteiger partial charge is 0.319 e. The van der Waals surface area contributed by atoms with Crippen LogP contribution >= 0.6 is 0 Å². The van der Waals surface area contributed by atoms with Crippen molar-refractivity contribution in [1.82, 2.24) is 0 Å². The van der Waals surface area contributed by atoms with Crippen LogP contribution < -0.4 is 0 Å². The Labute approximate surface area is 107 Å². The zero-order valence-corrected chi connectivity index (χ0v) is 10.6. The zero-order chi connectivity index (χ0) is 13.0. The lowest BCUT2D eigenvalue weighted by Gasteiger charge is -2.33. The molecule has 3 heteroatoms. The van der Waals surface area contributed by atoms with Crippen molar-refractivity contribution in [3.8, 4) is 0 Å². The van der Waals surface area contributed by atoms with Gasteiger partial charge in [-0.05, 0) is 24.8 Å². The molecule has 0 saturated heterocycles. The van der Waals surface area contributed by atoms with E-state index in [1.165, 1.54) is 7.11 Å². The van der Waals surface area contributed by atoms with Crippen LogP contribution in [0.1, 0.15) is 31.2 Å². The Morgan fingerprint density at radius 3 is 2.61 bits per heavy atom. The van der Waals surface area contributed by atoms with Crippen LogP contribution in [0.4, 0.5) is 0 Å². The van der Waals surface area contributed by atoms with E-state index in [-0.39, 0.29) is 11.8 Å². The highest BCUT2D eigenvalue weighted by molar-refractivity contribution is 6.04. The summed E-state index contributed by atoms with van der Waals surface area (Å²) in [5, 5.41) is 0. The Kier molecular flexibility index (Phi) is 3.80. The number of ether oxygens (including phenoxy) is 1. The predicted molar refractivity (Wildman–Crippen MR) is 68.1 cm³/mol. The summed E-state index contributed by atoms with van der Waals surface area (Å²) in [6.07, 6.45) is 3.34. The van der Waals surface area contributed by atoms with Gasteiger partial charge in [0.1, 0.15) is 5.41 Å². The van der Waals surface area contributed by atoms with Crippen molar-refractivity contribution in [2.24, 2.45) is 5.41 Å². The molecule has 0 radical (unpaired) electrons. The Bertz CT molecular complexity index is 428. The van der Waals surface area contributed by atoms with Crippen LogP contribution in [0.25, 0.3) is 0 Å². The summed E-state index contributed by atoms with van der Waals surface area (Å²) in [5.74, 6) is -0.347. The first-order valence-electron chi connectivity index (χ1n) is 6.35. The molecular formula is C15H18O3. The molecule has 0 spiro atoms. The van der Waals surface area contributed by atoms with Crippen LogP contribution in [0.15, 0.2) is 30.3 Å². The molecule has 96 valence electrons. The van der Waals surface area contributed by atoms with Gasteiger partial charge in [0, 0.05) is 6.42 Å². The summed E-state index contributed by atoms with van der Waals surface area (Å²) < 4.78 is 4.88. The lowest BCUT2D eigenvalue weighted by molar-refractivity contribution is -0.160. The molecular weight excluding hydrogens is 228 g/mol. The van der Waals surface area contributed by atoms with Crippen molar-refractivity contribution in [2.75, 3.05) is 7.11 Å². The van der Waals surface area contributed by atoms with E-state index in [0.717, 1.165) is 18.4 Å². The second-order valence-electron chi connectivity index (χ2n) is 4.87. The standard InChI is InChI=1S/C15H18O3/c1-18-14(17)15(10-6-5-9-13(15)16)11-12-7-3-2-4-8-12/h2-4,7-8H,5-6,9-11H2,1H3/t15-/m0/s1. The molecule has 1 fully saturated rings. The first-order chi connectivity index (χ1) is 8.69. The van der Waals surface area contributed by atoms with Gasteiger partial charge in [0.2, 0.25) is 0 Å². The van der Waals surface area contributed by atoms with E-state index in [4.69, 9.17) is 4.74 Å². The summed E-state index contributed by atoms with van der Waals surface area (Å²) in [7, 11) is 1.36. The average Bonchev–Trinajstić information content (AvgIpc) is 2.41. The number of ketones is 1. The van der Waals surface area contributed by atoms with Gasteiger partial charge in [0.05, 0.1) is 7.11 Å². The number of hydrogen-bond donors (Lipinski definition) is 0. The predicted octanol–water partition coefficient (Wildman–Crippen LogP) is 2.53. The Balaban J connectivity index is 2.30. The van der Waals surface area contributed by atoms with Gasteiger partial charge in [0.25, 0.3) is 0 Å². The van der Waals surface area contributed by atoms with Crippen LogP contribution in [0.2, 0.25) is 0 Å². The number of rotatable bonds is 3. The minimum absolute atomic E-state index is 0.0319. The highest BCUT2D eigenvalue weighted by Crippen LogP contribution is 2.37. The number of Topliss-reactive ketones (excluding diaryl/α,β-unsaturated/α-hetero) is 1. The number of hydrogen-bond acceptors (Lipinski definition) is 3. The first kappa shape index (κ1) is 12.8. The molecule has 0 aromatic heterocycles. The maximum Gasteiger partial charge on any atom is 0.319 e. The van der Waals surface area contributed by atoms with E-state index in [9.17, 15) is 9.59 Å². The molecule has 1 aliphatic carbocycles. The molecule has 3 nitrogen and oxygen atoms in total. The van der Waals surface area contributed by atoms with Crippen molar-refractivity contribution < 1.29 is 14.3 Å². The molecule has 1 aromatic carbocycles. The van der Waals surface area contributed by atoms with Gasteiger partial charge in [-0.2, -0.15) is 0 Å². The maximum absolute atomic E-state index is 12.2. The van der Waals surface area contributed by atoms with Crippen molar-refractivity contribution in [1.29, 1.82) is 0 Å². The van der Waals surface area contributed by atoms with Crippen LogP contribution in [0.5, 0.6) is 0 Å². The van der Waals surface area contributed by atoms with Gasteiger partial charge in [-0.15, -0.1) is 0 Å². The molecule has 0 N–H and O–H groups in total. The van der Waals surface area contributed by atoms with Gasteiger partial charge in [-0.1, -0.05) is 36.8 Å². The van der Waals surface area contributed by atoms with Gasteiger partial charge < -0.3 is 4.74 Å². The Morgan fingerprint density at radius 2 is 2.00 bits per heavy atom. The molecule has 0 amide bonds. The monoisotopic (exact) mass is 246 g/mol. The lowest BCUT2D eigenvalue weighted by Crippen LogP contribution is -2.44. The van der Waals surface area contributed by atoms with E-state index in [2.05, 4.69) is 0 Å². The van der Waals surface area contributed by atoms with Crippen LogP contribution in [0, 0.1) is 5.41 Å². The van der Waals surface area contributed by atoms with Crippen LogP contribution in [-0.2, 0) is 20.7 Å². The van der Waals surface area contributed by atoms with Crippen LogP contribution in [-0.4, -0.2) is 18.9 Å². The number of benzene rings is 1. The Hall–Kier alpha value is -1.64. The normalized spacial score (nSPS) is 23.7. The van der Waals surface area contributed by atoms with Crippen molar-refractivity contribution in [3.63, 3.8) is 0 Å². The van der Waals surface area contributed by atoms with Crippen LogP contribution in [0.3, 0.4) is 0 Å². The highest BCUT2D eigenvalue weighted by Gasteiger charge is 2.47. The number of esters is 1. The fraction of sp³-hybridized carbons (Fsp3) is 0.467. The second-order valence-corrected chi connectivity index (χ2v) is 4.87. The third-order valence-corrected chi connectivity index (χ3v) is 3.72. The van der Waals surface area contributed by atoms with Crippen molar-refractivity contribution >= 4 is 11.8 Å². The molecule has 18 heavy (non-hydrogen) atoms. The molecule has 0 heterocycles. The van der Waals surface area contributed by atoms with Gasteiger partial charge in [-0.3, -0.25) is 9.59 Å². The zero-order valence-electron chi connectivity index (χ0n) is 10.6. The van der Waals surface area contributed by atoms with E-state index in [1.54, 1.807) is 0 Å². The summed E-state index contributed by atoms with van der Waals surface area (Å²) >= 11 is 0. The Morgan fingerprint density at radius 1 is 1.28 bits per heavy atom. The van der Waals surface area contributed by atoms with Gasteiger partial charge in [-0.25, -0.2) is 0 Å². The maximum atomic E-state index is 12.2. The topological polar surface area (TPSA) is 43.4 Å². The summed E-state index contributed by atoms with van der Waals surface area (Å²) in [4.78, 5) is 24.3. The number of carbonyl (C=O) groups excluding carboxylic acids is 2. The van der Waals surface area contributed by atoms with Crippen molar-refractivity contribution in [2.45, 2.75) is 32.1 Å². The summed E-state index contributed by atoms with van der Waals surface area (Å²) in [5.41, 5.74) is 0.0621. The number of methoxy groups -OCH3 is 1. The molecule has 1 saturated carbocycles. The SMILES string of the molecule is COC(=O)[C@]1(Cc2ccccc2)CCCCC1=O. The average molecular weight is 246 g/mol. The summed E-state index contributed by atoms with van der Waals surface area (Å²) in [6, 6.07) is 9.68. The fourth-order valence-corrected chi connectivity index (χ4v) is 2.71. The molecule has 0 aliphatic heterocycles. The van der Waals surface area contributed by atoms with E-state index in [1.807, 2.05) is 30.3 Å². The van der Waals surface area contributed by atoms with E-state index < -0.39 is 5.41 Å². The molecule has 1 atom stereocenters. The largest absolute Gasteiger partial charge is 0.468 e. The van der Waals surface area contributed by atoms with Crippen molar-refractivity contribution in [3.05, 3.63) is 35.9 Å². The molecule has 2 rings (SSSR count). The third-order valence-electron chi connectivity index (χ3n) is 3.72. The van der Waals surface area contributed by atoms with Gasteiger partial charge >= 0.3 is 5.97 Å². The molecule has 0 bridgehead atoms. The fourth-order valence-electron chi connectivity index (χ4n) is 2.71. The summed E-state index contributed by atoms with van der Waals surface area (Å²) in [6.45, 7) is 0. The highest BCUT2D eigenvalue weighted by atomic mass is 16.5. The second kappa shape index (κ2) is 5.34. The third kappa shape index (κ3) is 2.30. The molecule has 0 unspecified atom stereocenters. The first-order valence-corrected chi connectivity index (χ1v) is 6.35. The molecule has 1 aliphatic rings. The quantitative estimate of drug-likeness (QED) is 0.608. The van der Waals surface area contributed by atoms with Gasteiger partial charge in [0.15, 0.2) is 5.78 Å². The molecule has 1 aromatic rings.